The average Bonchev–Trinajstić information content (AvgIpc) is 3.03. The number of hydrogen-bond donors (Lipinski definition) is 1. The maximum absolute atomic E-state index is 12.5. The zero-order valence-corrected chi connectivity index (χ0v) is 16.7. The highest BCUT2D eigenvalue weighted by Crippen LogP contribution is 2.24. The summed E-state index contributed by atoms with van der Waals surface area (Å²) in [6.07, 6.45) is 3.19. The molecule has 1 amide bonds. The van der Waals surface area contributed by atoms with Gasteiger partial charge in [-0.15, -0.1) is 0 Å². The summed E-state index contributed by atoms with van der Waals surface area (Å²) in [5.74, 6) is 1.98. The van der Waals surface area contributed by atoms with Crippen LogP contribution in [0.5, 0.6) is 5.88 Å². The molecule has 1 N–H and O–H groups in total. The van der Waals surface area contributed by atoms with Gasteiger partial charge < -0.3 is 15.0 Å². The third kappa shape index (κ3) is 3.89. The summed E-state index contributed by atoms with van der Waals surface area (Å²) in [6, 6.07) is 7.61. The van der Waals surface area contributed by atoms with Crippen LogP contribution >= 0.6 is 0 Å². The number of amides is 1. The largest absolute Gasteiger partial charge is 0.481 e. The van der Waals surface area contributed by atoms with Gasteiger partial charge in [0.05, 0.1) is 18.7 Å². The molecule has 0 unspecified atom stereocenters. The fraction of sp³-hybridized carbons (Fsp3) is 0.350. The van der Waals surface area contributed by atoms with Crippen molar-refractivity contribution in [3.63, 3.8) is 0 Å². The first kappa shape index (κ1) is 18.9. The summed E-state index contributed by atoms with van der Waals surface area (Å²) < 4.78 is 7.02. The summed E-state index contributed by atoms with van der Waals surface area (Å²) in [4.78, 5) is 27.3. The molecule has 1 aliphatic rings. The molecule has 0 aliphatic carbocycles. The second-order valence-corrected chi connectivity index (χ2v) is 7.06. The lowest BCUT2D eigenvalue weighted by Gasteiger charge is -2.39. The number of rotatable bonds is 6. The first-order valence-electron chi connectivity index (χ1n) is 9.41. The Hall–Kier alpha value is -3.49. The van der Waals surface area contributed by atoms with Gasteiger partial charge in [0, 0.05) is 43.2 Å². The van der Waals surface area contributed by atoms with Gasteiger partial charge in [0.2, 0.25) is 11.8 Å². The van der Waals surface area contributed by atoms with Crippen molar-refractivity contribution < 1.29 is 9.53 Å². The number of methoxy groups -OCH3 is 1. The SMILES string of the molecule is COc1ncccc1CNC(=O)C1CN(c2cc(-n3nc(C)cc3C)ncn2)C1. The fourth-order valence-electron chi connectivity index (χ4n) is 3.39. The molecule has 0 saturated carbocycles. The number of anilines is 1. The Morgan fingerprint density at radius 3 is 2.72 bits per heavy atom. The van der Waals surface area contributed by atoms with E-state index in [-0.39, 0.29) is 11.8 Å². The van der Waals surface area contributed by atoms with Crippen LogP contribution in [0.1, 0.15) is 17.0 Å². The normalized spacial score (nSPS) is 13.8. The second kappa shape index (κ2) is 7.86. The van der Waals surface area contributed by atoms with Gasteiger partial charge in [-0.1, -0.05) is 6.07 Å². The molecular weight excluding hydrogens is 370 g/mol. The minimum absolute atomic E-state index is 0.0139. The molecule has 1 aliphatic heterocycles. The van der Waals surface area contributed by atoms with Crippen LogP contribution in [0.4, 0.5) is 5.82 Å². The predicted octanol–water partition coefficient (Wildman–Crippen LogP) is 1.44. The van der Waals surface area contributed by atoms with Crippen LogP contribution in [-0.4, -0.2) is 50.8 Å². The number of ether oxygens (including phenoxy) is 1. The van der Waals surface area contributed by atoms with E-state index in [0.29, 0.717) is 25.5 Å². The number of nitrogens with one attached hydrogen (secondary N) is 1. The third-order valence-electron chi connectivity index (χ3n) is 4.94. The Balaban J connectivity index is 1.35. The number of carbonyl (C=O) groups is 1. The molecule has 0 spiro atoms. The van der Waals surface area contributed by atoms with Gasteiger partial charge in [-0.2, -0.15) is 5.10 Å². The van der Waals surface area contributed by atoms with Crippen molar-refractivity contribution in [3.05, 3.63) is 53.7 Å². The van der Waals surface area contributed by atoms with E-state index in [4.69, 9.17) is 4.74 Å². The molecule has 150 valence electrons. The van der Waals surface area contributed by atoms with Crippen LogP contribution in [0.2, 0.25) is 0 Å². The average molecular weight is 393 g/mol. The standard InChI is InChI=1S/C20H23N7O2/c1-13-7-14(2)27(25-13)18-8-17(23-12-24-18)26-10-16(11-26)19(28)22-9-15-5-4-6-21-20(15)29-3/h4-8,12,16H,9-11H2,1-3H3,(H,22,28). The predicted molar refractivity (Wildman–Crippen MR) is 107 cm³/mol. The second-order valence-electron chi connectivity index (χ2n) is 7.06. The monoisotopic (exact) mass is 393 g/mol. The summed E-state index contributed by atoms with van der Waals surface area (Å²) in [5, 5.41) is 7.43. The van der Waals surface area contributed by atoms with Gasteiger partial charge in [0.1, 0.15) is 12.1 Å². The number of pyridine rings is 1. The lowest BCUT2D eigenvalue weighted by molar-refractivity contribution is -0.125. The fourth-order valence-corrected chi connectivity index (χ4v) is 3.39. The third-order valence-corrected chi connectivity index (χ3v) is 4.94. The highest BCUT2D eigenvalue weighted by atomic mass is 16.5. The summed E-state index contributed by atoms with van der Waals surface area (Å²) in [7, 11) is 1.57. The minimum atomic E-state index is -0.0789. The highest BCUT2D eigenvalue weighted by Gasteiger charge is 2.33. The molecule has 4 heterocycles. The Labute approximate surface area is 168 Å². The van der Waals surface area contributed by atoms with Crippen molar-refractivity contribution in [2.24, 2.45) is 5.92 Å². The maximum Gasteiger partial charge on any atom is 0.226 e. The molecule has 9 heteroatoms. The van der Waals surface area contributed by atoms with Crippen LogP contribution in [0.3, 0.4) is 0 Å². The zero-order chi connectivity index (χ0) is 20.4. The van der Waals surface area contributed by atoms with Gasteiger partial charge >= 0.3 is 0 Å². The Kier molecular flexibility index (Phi) is 5.11. The van der Waals surface area contributed by atoms with Crippen LogP contribution in [0.15, 0.2) is 36.8 Å². The molecule has 0 bridgehead atoms. The number of aryl methyl sites for hydroxylation is 2. The van der Waals surface area contributed by atoms with Crippen molar-refractivity contribution in [3.8, 4) is 11.7 Å². The van der Waals surface area contributed by atoms with Crippen molar-refractivity contribution in [2.75, 3.05) is 25.1 Å². The van der Waals surface area contributed by atoms with Crippen LogP contribution < -0.4 is 15.0 Å². The van der Waals surface area contributed by atoms with E-state index in [9.17, 15) is 4.79 Å². The lowest BCUT2D eigenvalue weighted by atomic mass is 9.99. The van der Waals surface area contributed by atoms with Gasteiger partial charge in [-0.05, 0) is 26.0 Å². The topological polar surface area (TPSA) is 98.1 Å². The van der Waals surface area contributed by atoms with E-state index in [0.717, 1.165) is 28.6 Å². The molecule has 1 saturated heterocycles. The highest BCUT2D eigenvalue weighted by molar-refractivity contribution is 5.81. The van der Waals surface area contributed by atoms with Crippen LogP contribution in [0, 0.1) is 19.8 Å². The van der Waals surface area contributed by atoms with Crippen LogP contribution in [-0.2, 0) is 11.3 Å². The molecule has 0 atom stereocenters. The zero-order valence-electron chi connectivity index (χ0n) is 16.7. The molecular formula is C20H23N7O2. The van der Waals surface area contributed by atoms with Crippen molar-refractivity contribution in [2.45, 2.75) is 20.4 Å². The molecule has 0 radical (unpaired) electrons. The number of carbonyl (C=O) groups excluding carboxylic acids is 1. The lowest BCUT2D eigenvalue weighted by Crippen LogP contribution is -2.54. The van der Waals surface area contributed by atoms with Crippen molar-refractivity contribution in [1.82, 2.24) is 30.0 Å². The Morgan fingerprint density at radius 1 is 1.21 bits per heavy atom. The van der Waals surface area contributed by atoms with Gasteiger partial charge in [0.25, 0.3) is 0 Å². The van der Waals surface area contributed by atoms with Crippen LogP contribution in [0.25, 0.3) is 5.82 Å². The van der Waals surface area contributed by atoms with Gasteiger partial charge in [0.15, 0.2) is 5.82 Å². The summed E-state index contributed by atoms with van der Waals surface area (Å²) >= 11 is 0. The minimum Gasteiger partial charge on any atom is -0.481 e. The first-order valence-corrected chi connectivity index (χ1v) is 9.41. The number of hydrogen-bond acceptors (Lipinski definition) is 7. The molecule has 3 aromatic rings. The van der Waals surface area contributed by atoms with Gasteiger partial charge in [-0.25, -0.2) is 19.6 Å². The molecule has 9 nitrogen and oxygen atoms in total. The summed E-state index contributed by atoms with van der Waals surface area (Å²) in [5.41, 5.74) is 2.80. The smallest absolute Gasteiger partial charge is 0.226 e. The molecule has 3 aromatic heterocycles. The maximum atomic E-state index is 12.5. The molecule has 1 fully saturated rings. The molecule has 4 rings (SSSR count). The first-order chi connectivity index (χ1) is 14.0. The molecule has 0 aromatic carbocycles. The van der Waals surface area contributed by atoms with Gasteiger partial charge in [-0.3, -0.25) is 4.79 Å². The Morgan fingerprint density at radius 2 is 2.00 bits per heavy atom. The quantitative estimate of drug-likeness (QED) is 0.676. The van der Waals surface area contributed by atoms with Crippen molar-refractivity contribution in [1.29, 1.82) is 0 Å². The summed E-state index contributed by atoms with van der Waals surface area (Å²) in [6.45, 7) is 5.56. The van der Waals surface area contributed by atoms with E-state index in [1.807, 2.05) is 38.1 Å². The molecule has 29 heavy (non-hydrogen) atoms. The van der Waals surface area contributed by atoms with E-state index < -0.39 is 0 Å². The van der Waals surface area contributed by atoms with E-state index in [2.05, 4.69) is 30.3 Å². The van der Waals surface area contributed by atoms with E-state index in [1.54, 1.807) is 18.0 Å². The Bertz CT molecular complexity index is 1030. The number of nitrogens with zero attached hydrogens (tertiary/aromatic N) is 6. The van der Waals surface area contributed by atoms with Crippen molar-refractivity contribution >= 4 is 11.7 Å². The van der Waals surface area contributed by atoms with E-state index >= 15 is 0 Å². The van der Waals surface area contributed by atoms with E-state index in [1.165, 1.54) is 6.33 Å². The number of aromatic nitrogens is 5.